The van der Waals surface area contributed by atoms with E-state index in [1.807, 2.05) is 0 Å². The molecule has 0 saturated heterocycles. The van der Waals surface area contributed by atoms with E-state index in [0.717, 1.165) is 0 Å². The standard InChI is InChI=1S/C19H25FN4O4S/c1-18(2,3)29(25,26)14-10-24-12(9-22-15(24)8-19(14,4)28-6)11-7-13(27-5)17(21)23-16(11)20/h7,9-10H,8H2,1-6H3,(H2,21,23). The molecule has 1 aliphatic rings. The Labute approximate surface area is 169 Å². The highest BCUT2D eigenvalue weighted by Crippen LogP contribution is 2.41. The number of methoxy groups -OCH3 is 2. The molecule has 0 fully saturated rings. The van der Waals surface area contributed by atoms with Gasteiger partial charge in [0.2, 0.25) is 5.95 Å². The van der Waals surface area contributed by atoms with Crippen LogP contribution in [0.5, 0.6) is 5.75 Å². The molecule has 2 N–H and O–H groups in total. The molecule has 2 aromatic rings. The van der Waals surface area contributed by atoms with Gasteiger partial charge in [0.25, 0.3) is 0 Å². The predicted octanol–water partition coefficient (Wildman–Crippen LogP) is 2.65. The topological polar surface area (TPSA) is 109 Å². The number of pyridine rings is 1. The summed E-state index contributed by atoms with van der Waals surface area (Å²) in [7, 11) is -0.875. The highest BCUT2D eigenvalue weighted by molar-refractivity contribution is 7.96. The SMILES string of the molecule is COc1cc(-c2cnc3n2C=C(S(=O)(=O)C(C)(C)C)C(C)(OC)C3)c(F)nc1N. The molecule has 10 heteroatoms. The third kappa shape index (κ3) is 3.29. The van der Waals surface area contributed by atoms with Crippen LogP contribution in [-0.4, -0.2) is 47.5 Å². The van der Waals surface area contributed by atoms with Crippen molar-refractivity contribution in [3.63, 3.8) is 0 Å². The largest absolute Gasteiger partial charge is 0.493 e. The molecule has 1 atom stereocenters. The Morgan fingerprint density at radius 1 is 1.31 bits per heavy atom. The van der Waals surface area contributed by atoms with Crippen molar-refractivity contribution in [3.8, 4) is 17.0 Å². The fourth-order valence-corrected chi connectivity index (χ4v) is 4.83. The van der Waals surface area contributed by atoms with Crippen molar-refractivity contribution in [1.82, 2.24) is 14.5 Å². The zero-order chi connectivity index (χ0) is 21.8. The third-order valence-electron chi connectivity index (χ3n) is 5.15. The average molecular weight is 424 g/mol. The van der Waals surface area contributed by atoms with Crippen molar-refractivity contribution in [3.05, 3.63) is 28.9 Å². The van der Waals surface area contributed by atoms with Crippen molar-refractivity contribution in [2.24, 2.45) is 0 Å². The molecule has 1 aliphatic heterocycles. The molecule has 2 aromatic heterocycles. The van der Waals surface area contributed by atoms with Gasteiger partial charge in [-0.3, -0.25) is 0 Å². The number of fused-ring (bicyclic) bond motifs is 1. The van der Waals surface area contributed by atoms with Crippen molar-refractivity contribution in [2.75, 3.05) is 20.0 Å². The van der Waals surface area contributed by atoms with E-state index >= 15 is 0 Å². The van der Waals surface area contributed by atoms with Gasteiger partial charge >= 0.3 is 0 Å². The third-order valence-corrected chi connectivity index (χ3v) is 7.88. The van der Waals surface area contributed by atoms with E-state index in [2.05, 4.69) is 9.97 Å². The van der Waals surface area contributed by atoms with E-state index in [1.54, 1.807) is 32.3 Å². The lowest BCUT2D eigenvalue weighted by Gasteiger charge is -2.36. The lowest BCUT2D eigenvalue weighted by atomic mass is 9.99. The van der Waals surface area contributed by atoms with Gasteiger partial charge in [-0.2, -0.15) is 9.37 Å². The summed E-state index contributed by atoms with van der Waals surface area (Å²) < 4.78 is 52.4. The number of anilines is 1. The van der Waals surface area contributed by atoms with E-state index in [0.29, 0.717) is 11.5 Å². The van der Waals surface area contributed by atoms with Crippen LogP contribution in [0, 0.1) is 5.95 Å². The number of ether oxygens (including phenoxy) is 2. The minimum Gasteiger partial charge on any atom is -0.493 e. The van der Waals surface area contributed by atoms with Crippen LogP contribution in [0.4, 0.5) is 10.2 Å². The van der Waals surface area contributed by atoms with Crippen LogP contribution in [0.1, 0.15) is 33.5 Å². The number of nitrogens with zero attached hydrogens (tertiary/aromatic N) is 3. The number of hydrogen-bond acceptors (Lipinski definition) is 7. The summed E-state index contributed by atoms with van der Waals surface area (Å²) in [6, 6.07) is 1.41. The Morgan fingerprint density at radius 2 is 1.97 bits per heavy atom. The lowest BCUT2D eigenvalue weighted by Crippen LogP contribution is -2.44. The van der Waals surface area contributed by atoms with Crippen LogP contribution < -0.4 is 10.5 Å². The number of aromatic nitrogens is 3. The molecule has 0 amide bonds. The fourth-order valence-electron chi connectivity index (χ4n) is 3.20. The normalized spacial score (nSPS) is 19.6. The molecular formula is C19H25FN4O4S. The molecule has 158 valence electrons. The quantitative estimate of drug-likeness (QED) is 0.752. The molecule has 1 unspecified atom stereocenters. The average Bonchev–Trinajstić information content (AvgIpc) is 3.02. The molecule has 0 radical (unpaired) electrons. The minimum absolute atomic E-state index is 0.0781. The number of nitrogens with two attached hydrogens (primary N) is 1. The predicted molar refractivity (Wildman–Crippen MR) is 108 cm³/mol. The maximum Gasteiger partial charge on any atom is 0.224 e. The fraction of sp³-hybridized carbons (Fsp3) is 0.474. The first-order valence-corrected chi connectivity index (χ1v) is 10.4. The van der Waals surface area contributed by atoms with Crippen LogP contribution in [0.3, 0.4) is 0 Å². The van der Waals surface area contributed by atoms with Crippen LogP contribution in [0.2, 0.25) is 0 Å². The second kappa shape index (κ2) is 6.81. The zero-order valence-corrected chi connectivity index (χ0v) is 18.1. The van der Waals surface area contributed by atoms with Crippen LogP contribution in [0.25, 0.3) is 17.5 Å². The van der Waals surface area contributed by atoms with Crippen molar-refractivity contribution in [1.29, 1.82) is 0 Å². The Kier molecular flexibility index (Phi) is 4.99. The summed E-state index contributed by atoms with van der Waals surface area (Å²) in [4.78, 5) is 8.13. The van der Waals surface area contributed by atoms with Gasteiger partial charge in [0.15, 0.2) is 21.4 Å². The highest BCUT2D eigenvalue weighted by atomic mass is 32.2. The van der Waals surface area contributed by atoms with Gasteiger partial charge in [0.05, 0.1) is 34.2 Å². The minimum atomic E-state index is -3.73. The first-order valence-electron chi connectivity index (χ1n) is 8.94. The van der Waals surface area contributed by atoms with E-state index in [1.165, 1.54) is 32.7 Å². The number of hydrogen-bond donors (Lipinski definition) is 1. The monoisotopic (exact) mass is 424 g/mol. The molecular weight excluding hydrogens is 399 g/mol. The number of imidazole rings is 1. The van der Waals surface area contributed by atoms with Gasteiger partial charge in [-0.15, -0.1) is 0 Å². The number of nitrogen functional groups attached to an aromatic ring is 1. The molecule has 0 bridgehead atoms. The van der Waals surface area contributed by atoms with Gasteiger partial charge in [0.1, 0.15) is 11.4 Å². The Hall–Kier alpha value is -2.46. The number of halogens is 1. The Bertz CT molecular complexity index is 1100. The number of sulfone groups is 1. The molecule has 0 aromatic carbocycles. The summed E-state index contributed by atoms with van der Waals surface area (Å²) >= 11 is 0. The first kappa shape index (κ1) is 21.3. The zero-order valence-electron chi connectivity index (χ0n) is 17.3. The molecule has 3 heterocycles. The summed E-state index contributed by atoms with van der Waals surface area (Å²) in [5, 5.41) is 0. The maximum absolute atomic E-state index is 14.6. The van der Waals surface area contributed by atoms with E-state index in [9.17, 15) is 12.8 Å². The second-order valence-electron chi connectivity index (χ2n) is 8.06. The van der Waals surface area contributed by atoms with E-state index in [-0.39, 0.29) is 28.5 Å². The Balaban J connectivity index is 2.27. The smallest absolute Gasteiger partial charge is 0.224 e. The van der Waals surface area contributed by atoms with Crippen LogP contribution in [-0.2, 0) is 21.0 Å². The van der Waals surface area contributed by atoms with E-state index < -0.39 is 26.1 Å². The van der Waals surface area contributed by atoms with Gasteiger partial charge < -0.3 is 19.8 Å². The summed E-state index contributed by atoms with van der Waals surface area (Å²) in [6.45, 7) is 6.57. The summed E-state index contributed by atoms with van der Waals surface area (Å²) in [5.74, 6) is -0.140. The molecule has 0 saturated carbocycles. The van der Waals surface area contributed by atoms with Crippen LogP contribution in [0.15, 0.2) is 17.2 Å². The molecule has 29 heavy (non-hydrogen) atoms. The number of rotatable bonds is 4. The lowest BCUT2D eigenvalue weighted by molar-refractivity contribution is 0.0414. The van der Waals surface area contributed by atoms with Crippen molar-refractivity contribution in [2.45, 2.75) is 44.5 Å². The molecule has 0 aliphatic carbocycles. The first-order chi connectivity index (χ1) is 13.4. The maximum atomic E-state index is 14.6. The highest BCUT2D eigenvalue weighted by Gasteiger charge is 2.46. The van der Waals surface area contributed by atoms with Gasteiger partial charge in [0, 0.05) is 19.7 Å². The summed E-state index contributed by atoms with van der Waals surface area (Å²) in [5.41, 5.74) is 5.00. The van der Waals surface area contributed by atoms with E-state index in [4.69, 9.17) is 15.2 Å². The van der Waals surface area contributed by atoms with Gasteiger partial charge in [-0.05, 0) is 33.8 Å². The van der Waals surface area contributed by atoms with Gasteiger partial charge in [-0.25, -0.2) is 13.4 Å². The molecule has 0 spiro atoms. The van der Waals surface area contributed by atoms with Crippen molar-refractivity contribution < 1.29 is 22.3 Å². The molecule has 3 rings (SSSR count). The molecule has 8 nitrogen and oxygen atoms in total. The van der Waals surface area contributed by atoms with Crippen molar-refractivity contribution >= 4 is 21.9 Å². The van der Waals surface area contributed by atoms with Crippen LogP contribution >= 0.6 is 0 Å². The second-order valence-corrected chi connectivity index (χ2v) is 10.7. The Morgan fingerprint density at radius 3 is 2.52 bits per heavy atom. The van der Waals surface area contributed by atoms with Gasteiger partial charge in [-0.1, -0.05) is 0 Å². The summed E-state index contributed by atoms with van der Waals surface area (Å²) in [6.07, 6.45) is 3.11.